The van der Waals surface area contributed by atoms with E-state index in [-0.39, 0.29) is 92.5 Å². The van der Waals surface area contributed by atoms with Gasteiger partial charge in [-0.15, -0.1) is 0 Å². The normalized spacial score (nSPS) is 8.78. The van der Waals surface area contributed by atoms with E-state index >= 15 is 0 Å². The van der Waals surface area contributed by atoms with Gasteiger partial charge in [-0.05, 0) is 51.1 Å². The van der Waals surface area contributed by atoms with Crippen LogP contribution in [0.1, 0.15) is 104 Å². The maximum atomic E-state index is 11.1. The molecule has 0 atom stereocenters. The van der Waals surface area contributed by atoms with Crippen LogP contribution < -0.4 is 27.4 Å². The van der Waals surface area contributed by atoms with Crippen LogP contribution in [0.15, 0.2) is 172 Å². The highest BCUT2D eigenvalue weighted by molar-refractivity contribution is 5.94. The summed E-state index contributed by atoms with van der Waals surface area (Å²) in [6.45, 7) is 19.2. The van der Waals surface area contributed by atoms with Crippen LogP contribution in [0, 0.1) is 44.6 Å². The minimum Gasteiger partial charge on any atom is -0.390 e. The van der Waals surface area contributed by atoms with E-state index in [1.807, 2.05) is 153 Å². The molecule has 0 aromatic carbocycles. The number of aromatic nitrogens is 6. The van der Waals surface area contributed by atoms with Crippen molar-refractivity contribution in [2.45, 2.75) is 67.7 Å². The summed E-state index contributed by atoms with van der Waals surface area (Å²) >= 11 is 0. The molecule has 0 aliphatic rings. The monoisotopic (exact) mass is 1020 g/mol. The molecule has 6 aromatic heterocycles. The molecule has 0 fully saturated rings. The number of aryl methyl sites for hydroxylation is 2. The molecule has 0 unspecified atom stereocenters. The molecule has 14 nitrogen and oxygen atoms in total. The van der Waals surface area contributed by atoms with Crippen molar-refractivity contribution in [2.75, 3.05) is 13.2 Å². The molecular weight excluding hydrogens is 933 g/mol. The lowest BCUT2D eigenvalue weighted by atomic mass is 10.2. The van der Waals surface area contributed by atoms with Crippen LogP contribution in [0.4, 0.5) is 0 Å². The lowest BCUT2D eigenvalue weighted by Gasteiger charge is -1.97. The first-order valence-corrected chi connectivity index (χ1v) is 21.7. The van der Waals surface area contributed by atoms with Crippen molar-refractivity contribution in [3.05, 3.63) is 250 Å². The first-order valence-electron chi connectivity index (χ1n) is 21.7. The maximum absolute atomic E-state index is 11.1. The Hall–Kier alpha value is -7.68. The third-order valence-electron chi connectivity index (χ3n) is 9.36. The molecule has 14 heteroatoms. The highest BCUT2D eigenvalue weighted by Gasteiger charge is 2.13. The van der Waals surface area contributed by atoms with E-state index in [0.29, 0.717) is 30.9 Å². The highest BCUT2D eigenvalue weighted by Crippen LogP contribution is 1.98. The summed E-state index contributed by atoms with van der Waals surface area (Å²) in [6, 6.07) is 27.3. The van der Waals surface area contributed by atoms with Crippen LogP contribution in [-0.4, -0.2) is 58.1 Å². The average Bonchev–Trinajstić information content (AvgIpc) is 3.31. The van der Waals surface area contributed by atoms with Crippen LogP contribution in [0.25, 0.3) is 0 Å². The van der Waals surface area contributed by atoms with Gasteiger partial charge in [-0.2, -0.15) is 13.7 Å². The predicted molar refractivity (Wildman–Crippen MR) is 295 cm³/mol. The van der Waals surface area contributed by atoms with Gasteiger partial charge in [0.2, 0.25) is 34.4 Å². The zero-order valence-electron chi connectivity index (χ0n) is 46.7. The molecule has 0 aliphatic carbocycles. The first kappa shape index (κ1) is 77.8. The number of aliphatic hydroxyl groups is 2. The van der Waals surface area contributed by atoms with Gasteiger partial charge >= 0.3 is 0 Å². The van der Waals surface area contributed by atoms with Gasteiger partial charge < -0.3 is 54.8 Å². The summed E-state index contributed by atoms with van der Waals surface area (Å²) in [4.78, 5) is 65.5. The number of hydrogen-bond donors (Lipinski definition) is 2. The Morgan fingerprint density at radius 2 is 0.743 bits per heavy atom. The summed E-state index contributed by atoms with van der Waals surface area (Å²) < 4.78 is 11.1. The number of Topliss-reactive ketones (excluding diaryl/α,β-unsaturated/α-hetero) is 6. The third kappa shape index (κ3) is 30.9. The summed E-state index contributed by atoms with van der Waals surface area (Å²) in [5, 5.41) is 17.3. The minimum absolute atomic E-state index is 0. The van der Waals surface area contributed by atoms with Crippen LogP contribution in [0.2, 0.25) is 0 Å². The Kier molecular flexibility index (Phi) is 46.3. The van der Waals surface area contributed by atoms with Crippen molar-refractivity contribution in [3.8, 4) is 0 Å². The number of nitrogens with zero attached hydrogens (tertiary/aromatic N) is 6. The molecule has 0 amide bonds. The SMILES string of the molecule is C=CC[n+]1ccc(C(C)=O)cc1.C=CC[n+]1ccccc1C(C)=O.CC(=O)c1cc[n+](C)cc1.CC(=O)c1cc[n+](CCO)cc1.CC(=O)c1cccc[n+]1C.CC(=O)c1cccc[n+]1CCO.[CH3-].[CH3-].[CH3-].[CH3-].[CH3-].[CH3-]. The summed E-state index contributed by atoms with van der Waals surface area (Å²) in [7, 11) is 3.78. The van der Waals surface area contributed by atoms with Gasteiger partial charge in [0.1, 0.15) is 27.3 Å². The molecule has 6 heterocycles. The summed E-state index contributed by atoms with van der Waals surface area (Å²) in [5.41, 5.74) is 4.30. The summed E-state index contributed by atoms with van der Waals surface area (Å²) in [5.74, 6) is 0.470. The fourth-order valence-electron chi connectivity index (χ4n) is 5.74. The Balaban J connectivity index is -0.000000185. The van der Waals surface area contributed by atoms with Crippen molar-refractivity contribution in [1.29, 1.82) is 0 Å². The largest absolute Gasteiger partial charge is 0.390 e. The van der Waals surface area contributed by atoms with E-state index in [1.54, 1.807) is 75.1 Å². The Morgan fingerprint density at radius 3 is 1.08 bits per heavy atom. The number of hydrogen-bond acceptors (Lipinski definition) is 8. The molecule has 2 N–H and O–H groups in total. The molecule has 6 aromatic rings. The molecule has 0 saturated carbocycles. The van der Waals surface area contributed by atoms with E-state index in [4.69, 9.17) is 10.2 Å². The smallest absolute Gasteiger partial charge is 0.248 e. The standard InChI is InChI=1S/2C10H12NO.2C9H12NO2.2C8H10NO.6CH3/c1-3-6-11-7-4-10(5-8-11)9(2)12;1-3-7-11-8-5-4-6-10(11)9(2)12;1-8(12)9-2-4-10(5-3-9)6-7-11;1-8(12)9-4-2-3-5-10(9)6-7-11;1-7(10)8-3-5-9(2)6-4-8;1-7(10)8-5-3-4-6-9(8)2;;;;;;/h3-5,7-8H,1,6H2,2H3;3-6,8H,1,7H2,2H3;2*2-5,11H,6-7H2,1H3;2*3-6H,1-2H3;6*1H3/q6*+1;6*-1. The van der Waals surface area contributed by atoms with Crippen LogP contribution in [0.3, 0.4) is 0 Å². The van der Waals surface area contributed by atoms with Crippen molar-refractivity contribution in [2.24, 2.45) is 14.1 Å². The molecule has 0 saturated heterocycles. The van der Waals surface area contributed by atoms with Crippen molar-refractivity contribution < 1.29 is 66.4 Å². The first-order chi connectivity index (χ1) is 32.4. The van der Waals surface area contributed by atoms with E-state index in [0.717, 1.165) is 29.1 Å². The number of allylic oxidation sites excluding steroid dienone is 2. The minimum atomic E-state index is 0. The second kappa shape index (κ2) is 44.1. The van der Waals surface area contributed by atoms with Gasteiger partial charge in [0.05, 0.1) is 0 Å². The van der Waals surface area contributed by atoms with Crippen LogP contribution in [0.5, 0.6) is 0 Å². The molecular formula is C60H86N6O8. The predicted octanol–water partition coefficient (Wildman–Crippen LogP) is 7.19. The molecule has 0 radical (unpaired) electrons. The average molecular weight is 1020 g/mol. The third-order valence-corrected chi connectivity index (χ3v) is 9.36. The van der Waals surface area contributed by atoms with Crippen molar-refractivity contribution in [3.63, 3.8) is 0 Å². The van der Waals surface area contributed by atoms with Gasteiger partial charge in [0.15, 0.2) is 99.3 Å². The van der Waals surface area contributed by atoms with Crippen molar-refractivity contribution >= 4 is 34.7 Å². The molecule has 0 bridgehead atoms. The van der Waals surface area contributed by atoms with E-state index in [2.05, 4.69) is 13.2 Å². The molecule has 6 rings (SSSR count). The van der Waals surface area contributed by atoms with E-state index < -0.39 is 0 Å². The lowest BCUT2D eigenvalue weighted by molar-refractivity contribution is -0.699. The zero-order chi connectivity index (χ0) is 51.0. The number of aliphatic hydroxyl groups excluding tert-OH is 2. The van der Waals surface area contributed by atoms with Gasteiger partial charge in [-0.3, -0.25) is 28.8 Å². The quantitative estimate of drug-likeness (QED) is 0.0501. The number of pyridine rings is 6. The maximum Gasteiger partial charge on any atom is 0.248 e. The molecule has 0 spiro atoms. The number of carbonyl (C=O) groups excluding carboxylic acids is 6. The Bertz CT molecular complexity index is 2560. The van der Waals surface area contributed by atoms with Crippen molar-refractivity contribution in [1.82, 2.24) is 0 Å². The van der Waals surface area contributed by atoms with Gasteiger partial charge in [-0.25, -0.2) is 13.7 Å². The number of rotatable bonds is 14. The van der Waals surface area contributed by atoms with Crippen LogP contribution >= 0.6 is 0 Å². The van der Waals surface area contributed by atoms with Gasteiger partial charge in [0.25, 0.3) is 0 Å². The second-order valence-corrected chi connectivity index (χ2v) is 14.9. The molecule has 0 aliphatic heterocycles. The fraction of sp³-hybridized carbons (Fsp3) is 0.233. The number of carbonyl (C=O) groups is 6. The Morgan fingerprint density at radius 1 is 0.405 bits per heavy atom. The van der Waals surface area contributed by atoms with Gasteiger partial charge in [0, 0.05) is 110 Å². The molecule has 74 heavy (non-hydrogen) atoms. The Labute approximate surface area is 444 Å². The lowest BCUT2D eigenvalue weighted by Crippen LogP contribution is -2.40. The molecule has 404 valence electrons. The van der Waals surface area contributed by atoms with E-state index in [9.17, 15) is 28.8 Å². The highest BCUT2D eigenvalue weighted by atomic mass is 16.3. The fourth-order valence-corrected chi connectivity index (χ4v) is 5.74. The second-order valence-electron chi connectivity index (χ2n) is 14.9. The van der Waals surface area contributed by atoms with Crippen LogP contribution in [-0.2, 0) is 40.3 Å². The van der Waals surface area contributed by atoms with Gasteiger partial charge in [-0.1, -0.05) is 13.2 Å². The topological polar surface area (TPSA) is 166 Å². The summed E-state index contributed by atoms with van der Waals surface area (Å²) in [6.07, 6.45) is 20.1. The van der Waals surface area contributed by atoms with E-state index in [1.165, 1.54) is 13.8 Å². The number of ketones is 6. The zero-order valence-corrected chi connectivity index (χ0v) is 46.7.